The van der Waals surface area contributed by atoms with Crippen LogP contribution in [-0.2, 0) is 107 Å². The third-order valence-electron chi connectivity index (χ3n) is 11.1. The van der Waals surface area contributed by atoms with Crippen molar-refractivity contribution in [3.63, 3.8) is 0 Å². The predicted octanol–water partition coefficient (Wildman–Crippen LogP) is 1.39. The lowest BCUT2D eigenvalue weighted by atomic mass is 9.77. The summed E-state index contributed by atoms with van der Waals surface area (Å²) in [6, 6.07) is 0. The van der Waals surface area contributed by atoms with Crippen LogP contribution in [0.15, 0.2) is 11.1 Å². The van der Waals surface area contributed by atoms with Crippen molar-refractivity contribution in [2.24, 2.45) is 0 Å². The summed E-state index contributed by atoms with van der Waals surface area (Å²) >= 11 is 0. The molecule has 1 amide bonds. The van der Waals surface area contributed by atoms with Crippen LogP contribution < -0.4 is 5.32 Å². The topological polar surface area (TPSA) is 375 Å². The standard InChI is InChI=1S/C40H44N4O17/c45-31(46)5-1-17-21(9-35(53)54)27-14-26-18(2-6-32(47)48)23(11-37(57)58)30(42-26)16-40(24(12-38(59)60)20(39(61)44-40)4-8-34(51)52)15-29-19(3-7-33(49)50)22(10-36(55)56)28(43-29)13-25(17)41-27/h41-43H,1-16H2,(H,44,61)(H,45,46)(H,47,48)(H,49,50)(H,51,52)(H,53,54)(H,55,56)(H,57,58)(H,59,60)/t40-/m0/s1. The van der Waals surface area contributed by atoms with Gasteiger partial charge in [0.1, 0.15) is 0 Å². The molecule has 61 heavy (non-hydrogen) atoms. The fourth-order valence-corrected chi connectivity index (χ4v) is 8.73. The minimum absolute atomic E-state index is 0.0726. The average molecular weight is 853 g/mol. The van der Waals surface area contributed by atoms with Crippen molar-refractivity contribution < 1.29 is 84.0 Å². The number of amides is 1. The molecule has 0 radical (unpaired) electrons. The van der Waals surface area contributed by atoms with Crippen molar-refractivity contribution in [3.05, 3.63) is 78.7 Å². The van der Waals surface area contributed by atoms with Gasteiger partial charge in [-0.25, -0.2) is 0 Å². The normalized spacial score (nSPS) is 16.0. The smallest absolute Gasteiger partial charge is 0.307 e. The Hall–Kier alpha value is -7.19. The van der Waals surface area contributed by atoms with Crippen molar-refractivity contribution >= 4 is 53.7 Å². The molecule has 5 heterocycles. The number of H-pyrrole nitrogens is 3. The van der Waals surface area contributed by atoms with E-state index in [0.29, 0.717) is 0 Å². The number of nitrogens with one attached hydrogen (secondary N) is 4. The van der Waals surface area contributed by atoms with Gasteiger partial charge in [-0.15, -0.1) is 0 Å². The zero-order chi connectivity index (χ0) is 44.9. The van der Waals surface area contributed by atoms with Crippen LogP contribution in [0.4, 0.5) is 0 Å². The first-order valence-corrected chi connectivity index (χ1v) is 19.1. The number of carboxylic acid groups (broad SMARTS) is 8. The van der Waals surface area contributed by atoms with Gasteiger partial charge in [-0.1, -0.05) is 0 Å². The van der Waals surface area contributed by atoms with Crippen molar-refractivity contribution in [2.75, 3.05) is 0 Å². The van der Waals surface area contributed by atoms with Gasteiger partial charge in [-0.05, 0) is 64.6 Å². The van der Waals surface area contributed by atoms with E-state index < -0.39 is 130 Å². The van der Waals surface area contributed by atoms with Gasteiger partial charge in [0.2, 0.25) is 5.91 Å². The SMILES string of the molecule is O=C(O)CCC1=C(CC(=O)O)[C@@]2(Cc3[nH]c(c(CC(=O)O)c3CCC(=O)O)Cc3[nH]c(c(CC(=O)O)c3CCC(=O)O)Cc3[nH]c(c(CC(=O)O)c3CCC(=O)O)C2)NC1=O. The molecule has 1 spiro atoms. The highest BCUT2D eigenvalue weighted by Crippen LogP contribution is 2.41. The fourth-order valence-electron chi connectivity index (χ4n) is 8.73. The lowest BCUT2D eigenvalue weighted by Crippen LogP contribution is -2.49. The van der Waals surface area contributed by atoms with E-state index in [4.69, 9.17) is 0 Å². The molecule has 5 rings (SSSR count). The minimum Gasteiger partial charge on any atom is -0.481 e. The second-order valence-electron chi connectivity index (χ2n) is 15.2. The molecule has 0 fully saturated rings. The Balaban J connectivity index is 1.94. The highest BCUT2D eigenvalue weighted by Gasteiger charge is 2.47. The van der Waals surface area contributed by atoms with E-state index in [2.05, 4.69) is 20.3 Å². The maximum atomic E-state index is 13.9. The van der Waals surface area contributed by atoms with Crippen molar-refractivity contribution in [3.8, 4) is 0 Å². The number of hydrogen-bond acceptors (Lipinski definition) is 9. The molecule has 2 aliphatic rings. The van der Waals surface area contributed by atoms with E-state index in [0.717, 1.165) is 0 Å². The first kappa shape index (κ1) is 44.9. The molecule has 21 heteroatoms. The van der Waals surface area contributed by atoms with Crippen LogP contribution >= 0.6 is 0 Å². The monoisotopic (exact) mass is 852 g/mol. The number of aromatic amines is 3. The van der Waals surface area contributed by atoms with E-state index >= 15 is 0 Å². The zero-order valence-corrected chi connectivity index (χ0v) is 32.6. The lowest BCUT2D eigenvalue weighted by molar-refractivity contribution is -0.138. The summed E-state index contributed by atoms with van der Waals surface area (Å²) in [6.45, 7) is 0. The van der Waals surface area contributed by atoms with Gasteiger partial charge >= 0.3 is 47.8 Å². The first-order chi connectivity index (χ1) is 28.7. The lowest BCUT2D eigenvalue weighted by Gasteiger charge is -2.33. The summed E-state index contributed by atoms with van der Waals surface area (Å²) in [5.41, 5.74) is 0.141. The molecule has 3 aromatic rings. The Morgan fingerprint density at radius 3 is 1.10 bits per heavy atom. The summed E-state index contributed by atoms with van der Waals surface area (Å²) in [7, 11) is 0. The third-order valence-corrected chi connectivity index (χ3v) is 11.1. The predicted molar refractivity (Wildman–Crippen MR) is 204 cm³/mol. The van der Waals surface area contributed by atoms with E-state index in [1.807, 2.05) is 0 Å². The van der Waals surface area contributed by atoms with Gasteiger partial charge in [0.15, 0.2) is 0 Å². The van der Waals surface area contributed by atoms with Gasteiger partial charge < -0.3 is 61.1 Å². The van der Waals surface area contributed by atoms with E-state index in [1.54, 1.807) is 0 Å². The number of aromatic nitrogens is 3. The van der Waals surface area contributed by atoms with Crippen LogP contribution in [0.5, 0.6) is 0 Å². The van der Waals surface area contributed by atoms with Crippen LogP contribution in [0, 0.1) is 0 Å². The number of aliphatic carboxylic acids is 8. The Kier molecular flexibility index (Phi) is 13.5. The van der Waals surface area contributed by atoms with Crippen molar-refractivity contribution in [2.45, 2.75) is 108 Å². The molecule has 0 saturated heterocycles. The summed E-state index contributed by atoms with van der Waals surface area (Å²) < 4.78 is 0. The van der Waals surface area contributed by atoms with E-state index in [9.17, 15) is 84.0 Å². The fraction of sp³-hybridized carbons (Fsp3) is 0.425. The number of hydrogen-bond donors (Lipinski definition) is 12. The molecule has 1 atom stereocenters. The quantitative estimate of drug-likeness (QED) is 0.0764. The van der Waals surface area contributed by atoms with Crippen LogP contribution in [0.2, 0.25) is 0 Å². The Bertz CT molecular complexity index is 2380. The largest absolute Gasteiger partial charge is 0.481 e. The summed E-state index contributed by atoms with van der Waals surface area (Å²) in [5, 5.41) is 82.1. The van der Waals surface area contributed by atoms with Crippen LogP contribution in [0.1, 0.15) is 106 Å². The summed E-state index contributed by atoms with van der Waals surface area (Å²) in [5.74, 6) is -11.3. The Morgan fingerprint density at radius 2 is 0.721 bits per heavy atom. The van der Waals surface area contributed by atoms with Gasteiger partial charge in [-0.2, -0.15) is 0 Å². The van der Waals surface area contributed by atoms with Gasteiger partial charge in [0.25, 0.3) is 0 Å². The van der Waals surface area contributed by atoms with E-state index in [-0.39, 0.29) is 111 Å². The molecular formula is C40H44N4O17. The molecular weight excluding hydrogens is 808 g/mol. The molecule has 2 aliphatic heterocycles. The summed E-state index contributed by atoms with van der Waals surface area (Å²) in [4.78, 5) is 121. The highest BCUT2D eigenvalue weighted by atomic mass is 16.4. The van der Waals surface area contributed by atoms with Crippen molar-refractivity contribution in [1.29, 1.82) is 0 Å². The average Bonchev–Trinajstić information content (AvgIpc) is 3.79. The van der Waals surface area contributed by atoms with Gasteiger partial charge in [0, 0.05) is 91.1 Å². The maximum Gasteiger partial charge on any atom is 0.307 e. The van der Waals surface area contributed by atoms with E-state index in [1.165, 1.54) is 0 Å². The first-order valence-electron chi connectivity index (χ1n) is 19.1. The molecule has 0 saturated carbocycles. The molecule has 0 aliphatic carbocycles. The molecule has 0 unspecified atom stereocenters. The second-order valence-corrected chi connectivity index (χ2v) is 15.2. The Morgan fingerprint density at radius 1 is 0.410 bits per heavy atom. The van der Waals surface area contributed by atoms with Gasteiger partial charge in [-0.3, -0.25) is 43.2 Å². The summed E-state index contributed by atoms with van der Waals surface area (Å²) in [6.07, 6.45) is -7.24. The van der Waals surface area contributed by atoms with Crippen LogP contribution in [0.3, 0.4) is 0 Å². The number of carbonyl (C=O) groups excluding carboxylic acids is 1. The van der Waals surface area contributed by atoms with Crippen LogP contribution in [0.25, 0.3) is 0 Å². The molecule has 21 nitrogen and oxygen atoms in total. The molecule has 12 N–H and O–H groups in total. The van der Waals surface area contributed by atoms with Crippen molar-refractivity contribution in [1.82, 2.24) is 20.3 Å². The Labute approximate surface area is 344 Å². The highest BCUT2D eigenvalue weighted by molar-refractivity contribution is 6.00. The number of fused-ring (bicyclic) bond motifs is 6. The van der Waals surface area contributed by atoms with Crippen LogP contribution in [-0.4, -0.2) is 115 Å². The second kappa shape index (κ2) is 18.4. The zero-order valence-electron chi connectivity index (χ0n) is 32.6. The number of carboxylic acids is 8. The van der Waals surface area contributed by atoms with Gasteiger partial charge in [0.05, 0.1) is 31.2 Å². The third kappa shape index (κ3) is 10.5. The molecule has 326 valence electrons. The minimum atomic E-state index is -1.83. The maximum absolute atomic E-state index is 13.9. The molecule has 0 aromatic carbocycles. The molecule has 6 bridgehead atoms. The number of rotatable bonds is 20. The number of carbonyl (C=O) groups is 9. The molecule has 3 aromatic heterocycles.